The molecule has 1 aliphatic rings. The number of rotatable bonds is 5. The minimum atomic E-state index is -3.20. The number of likely N-dealkylation sites (N-methyl/N-ethyl adjacent to an activating group) is 1. The summed E-state index contributed by atoms with van der Waals surface area (Å²) in [5, 5.41) is 1.92. The van der Waals surface area contributed by atoms with Gasteiger partial charge in [-0.05, 0) is 0 Å². The number of carbonyl (C=O) groups is 3. The Morgan fingerprint density at radius 2 is 2.11 bits per heavy atom. The molecule has 1 saturated heterocycles. The highest BCUT2D eigenvalue weighted by Gasteiger charge is 2.35. The number of urea groups is 1. The van der Waals surface area contributed by atoms with Crippen LogP contribution in [0, 0.1) is 0 Å². The predicted octanol–water partition coefficient (Wildman–Crippen LogP) is -1.41. The van der Waals surface area contributed by atoms with Crippen molar-refractivity contribution >= 4 is 17.8 Å². The Morgan fingerprint density at radius 3 is 2.56 bits per heavy atom. The van der Waals surface area contributed by atoms with Gasteiger partial charge < -0.3 is 16.0 Å². The van der Waals surface area contributed by atoms with Crippen LogP contribution in [0.4, 0.5) is 13.6 Å². The lowest BCUT2D eigenvalue weighted by molar-refractivity contribution is -0.131. The van der Waals surface area contributed by atoms with E-state index in [1.807, 2.05) is 5.32 Å². The first-order valence-corrected chi connectivity index (χ1v) is 5.17. The van der Waals surface area contributed by atoms with Crippen LogP contribution in [-0.2, 0) is 9.59 Å². The predicted molar refractivity (Wildman–Crippen MR) is 56.8 cm³/mol. The Morgan fingerprint density at radius 1 is 1.50 bits per heavy atom. The van der Waals surface area contributed by atoms with Gasteiger partial charge in [-0.2, -0.15) is 0 Å². The van der Waals surface area contributed by atoms with E-state index in [0.29, 0.717) is 4.90 Å². The van der Waals surface area contributed by atoms with Gasteiger partial charge >= 0.3 is 6.03 Å². The lowest BCUT2D eigenvalue weighted by Crippen LogP contribution is -2.46. The lowest BCUT2D eigenvalue weighted by atomic mass is 10.3. The standard InChI is InChI=1S/C9H14F2N4O3/c1-14-3-7(17)15(8(14)18)2-6(16)13-5-9(10,11)4-12/h2-5,12H2,1H3,(H,13,16). The van der Waals surface area contributed by atoms with Crippen LogP contribution in [0.25, 0.3) is 0 Å². The summed E-state index contributed by atoms with van der Waals surface area (Å²) in [5.41, 5.74) is 4.79. The average Bonchev–Trinajstić information content (AvgIpc) is 2.54. The smallest absolute Gasteiger partial charge is 0.327 e. The van der Waals surface area contributed by atoms with Crippen molar-refractivity contribution in [2.45, 2.75) is 5.92 Å². The van der Waals surface area contributed by atoms with E-state index >= 15 is 0 Å². The van der Waals surface area contributed by atoms with E-state index in [-0.39, 0.29) is 6.54 Å². The number of halogens is 2. The van der Waals surface area contributed by atoms with Gasteiger partial charge in [0.1, 0.15) is 13.1 Å². The van der Waals surface area contributed by atoms with E-state index in [0.717, 1.165) is 4.90 Å². The molecule has 0 aliphatic carbocycles. The molecule has 1 fully saturated rings. The van der Waals surface area contributed by atoms with E-state index in [9.17, 15) is 23.2 Å². The molecule has 0 spiro atoms. The number of carbonyl (C=O) groups excluding carboxylic acids is 3. The number of hydrogen-bond donors (Lipinski definition) is 2. The van der Waals surface area contributed by atoms with Crippen LogP contribution in [0.15, 0.2) is 0 Å². The fraction of sp³-hybridized carbons (Fsp3) is 0.667. The van der Waals surface area contributed by atoms with Crippen LogP contribution in [0.5, 0.6) is 0 Å². The lowest BCUT2D eigenvalue weighted by Gasteiger charge is -2.17. The Kier molecular flexibility index (Phi) is 4.17. The number of amides is 4. The molecule has 0 atom stereocenters. The van der Waals surface area contributed by atoms with Gasteiger partial charge in [0.25, 0.3) is 11.8 Å². The molecule has 0 aromatic heterocycles. The highest BCUT2D eigenvalue weighted by molar-refractivity contribution is 6.04. The minimum Gasteiger partial charge on any atom is -0.348 e. The maximum absolute atomic E-state index is 12.7. The molecule has 3 N–H and O–H groups in total. The van der Waals surface area contributed by atoms with E-state index in [1.54, 1.807) is 0 Å². The monoisotopic (exact) mass is 264 g/mol. The van der Waals surface area contributed by atoms with Crippen molar-refractivity contribution in [3.63, 3.8) is 0 Å². The normalized spacial score (nSPS) is 16.4. The van der Waals surface area contributed by atoms with Gasteiger partial charge in [-0.25, -0.2) is 13.6 Å². The number of nitrogens with two attached hydrogens (primary N) is 1. The summed E-state index contributed by atoms with van der Waals surface area (Å²) in [7, 11) is 1.40. The van der Waals surface area contributed by atoms with E-state index < -0.39 is 43.4 Å². The molecule has 0 radical (unpaired) electrons. The van der Waals surface area contributed by atoms with Gasteiger partial charge in [0.2, 0.25) is 5.91 Å². The molecular weight excluding hydrogens is 250 g/mol. The molecule has 102 valence electrons. The summed E-state index contributed by atoms with van der Waals surface area (Å²) in [6, 6.07) is -0.624. The second-order valence-electron chi connectivity index (χ2n) is 3.96. The van der Waals surface area contributed by atoms with E-state index in [4.69, 9.17) is 5.73 Å². The van der Waals surface area contributed by atoms with E-state index in [2.05, 4.69) is 0 Å². The van der Waals surface area contributed by atoms with Crippen molar-refractivity contribution in [2.75, 3.05) is 33.2 Å². The highest BCUT2D eigenvalue weighted by Crippen LogP contribution is 2.09. The van der Waals surface area contributed by atoms with Crippen LogP contribution in [0.1, 0.15) is 0 Å². The van der Waals surface area contributed by atoms with Crippen molar-refractivity contribution in [3.05, 3.63) is 0 Å². The fourth-order valence-electron chi connectivity index (χ4n) is 1.32. The molecule has 1 rings (SSSR count). The fourth-order valence-corrected chi connectivity index (χ4v) is 1.32. The second-order valence-corrected chi connectivity index (χ2v) is 3.96. The quantitative estimate of drug-likeness (QED) is 0.596. The zero-order valence-electron chi connectivity index (χ0n) is 9.78. The van der Waals surface area contributed by atoms with E-state index in [1.165, 1.54) is 7.05 Å². The van der Waals surface area contributed by atoms with Crippen molar-refractivity contribution < 1.29 is 23.2 Å². The minimum absolute atomic E-state index is 0.120. The molecule has 9 heteroatoms. The Labute approximate surface area is 102 Å². The maximum Gasteiger partial charge on any atom is 0.327 e. The number of nitrogens with zero attached hydrogens (tertiary/aromatic N) is 2. The summed E-state index contributed by atoms with van der Waals surface area (Å²) in [5.74, 6) is -4.57. The van der Waals surface area contributed by atoms with Crippen LogP contribution < -0.4 is 11.1 Å². The number of hydrogen-bond acceptors (Lipinski definition) is 4. The Hall–Kier alpha value is -1.77. The first-order valence-electron chi connectivity index (χ1n) is 5.17. The first kappa shape index (κ1) is 14.3. The molecule has 0 aromatic rings. The summed E-state index contributed by atoms with van der Waals surface area (Å²) in [4.78, 5) is 35.8. The first-order chi connectivity index (χ1) is 8.26. The van der Waals surface area contributed by atoms with Crippen LogP contribution >= 0.6 is 0 Å². The average molecular weight is 264 g/mol. The summed E-state index contributed by atoms with van der Waals surface area (Å²) < 4.78 is 25.5. The Balaban J connectivity index is 2.46. The van der Waals surface area contributed by atoms with Crippen molar-refractivity contribution in [3.8, 4) is 0 Å². The van der Waals surface area contributed by atoms with Crippen LogP contribution in [0.2, 0.25) is 0 Å². The Bertz CT molecular complexity index is 375. The molecule has 1 aliphatic heterocycles. The molecule has 0 saturated carbocycles. The van der Waals surface area contributed by atoms with Gasteiger partial charge in [-0.15, -0.1) is 0 Å². The van der Waals surface area contributed by atoms with Crippen molar-refractivity contribution in [2.24, 2.45) is 5.73 Å². The number of alkyl halides is 2. The summed E-state index contributed by atoms with van der Waals surface area (Å²) in [6.07, 6.45) is 0. The molecule has 0 aromatic carbocycles. The SMILES string of the molecule is CN1CC(=O)N(CC(=O)NCC(F)(F)CN)C1=O. The molecule has 7 nitrogen and oxygen atoms in total. The zero-order valence-corrected chi connectivity index (χ0v) is 9.78. The van der Waals surface area contributed by atoms with Gasteiger partial charge in [-0.1, -0.05) is 0 Å². The topological polar surface area (TPSA) is 95.7 Å². The third-order valence-electron chi connectivity index (χ3n) is 2.38. The van der Waals surface area contributed by atoms with Crippen molar-refractivity contribution in [1.82, 2.24) is 15.1 Å². The number of nitrogens with one attached hydrogen (secondary N) is 1. The highest BCUT2D eigenvalue weighted by atomic mass is 19.3. The van der Waals surface area contributed by atoms with Crippen LogP contribution in [-0.4, -0.2) is 66.8 Å². The molecule has 0 bridgehead atoms. The van der Waals surface area contributed by atoms with Gasteiger partial charge in [0.05, 0.1) is 13.1 Å². The molecule has 0 unspecified atom stereocenters. The molecule has 4 amide bonds. The van der Waals surface area contributed by atoms with Gasteiger partial charge in [0.15, 0.2) is 0 Å². The largest absolute Gasteiger partial charge is 0.348 e. The molecule has 1 heterocycles. The van der Waals surface area contributed by atoms with Gasteiger partial charge in [0, 0.05) is 7.05 Å². The molecular formula is C9H14F2N4O3. The van der Waals surface area contributed by atoms with Gasteiger partial charge in [-0.3, -0.25) is 14.5 Å². The number of imide groups is 1. The maximum atomic E-state index is 12.7. The zero-order chi connectivity index (χ0) is 13.9. The third kappa shape index (κ3) is 3.36. The van der Waals surface area contributed by atoms with Crippen molar-refractivity contribution in [1.29, 1.82) is 0 Å². The summed E-state index contributed by atoms with van der Waals surface area (Å²) >= 11 is 0. The van der Waals surface area contributed by atoms with Crippen LogP contribution in [0.3, 0.4) is 0 Å². The summed E-state index contributed by atoms with van der Waals surface area (Å²) in [6.45, 7) is -2.50. The third-order valence-corrected chi connectivity index (χ3v) is 2.38. The second kappa shape index (κ2) is 5.25. The molecule has 18 heavy (non-hydrogen) atoms.